The van der Waals surface area contributed by atoms with Gasteiger partial charge in [-0.05, 0) is 0 Å². The average Bonchev–Trinajstić information content (AvgIpc) is 2.63. The fourth-order valence-corrected chi connectivity index (χ4v) is 2.82. The molecule has 1 aliphatic rings. The van der Waals surface area contributed by atoms with Crippen molar-refractivity contribution in [3.8, 4) is 0 Å². The standard InChI is InChI=1S/C18H29NO11/c1-10(21)19-15-17(29-13(4)24)16(28-12(3)23)14(9-27-11(2)22)30-18(15)26-8-7-25-6-5-20/h14-18,20H,5-9H2,1-4H3,(H,19,21)/t14?,15?,16-,17?,18?/m0/s1. The van der Waals surface area contributed by atoms with Crippen molar-refractivity contribution in [2.75, 3.05) is 33.0 Å². The maximum Gasteiger partial charge on any atom is 0.303 e. The molecule has 0 aliphatic carbocycles. The van der Waals surface area contributed by atoms with E-state index in [0.717, 1.165) is 13.8 Å². The maximum atomic E-state index is 11.7. The van der Waals surface area contributed by atoms with E-state index in [1.165, 1.54) is 13.8 Å². The zero-order chi connectivity index (χ0) is 22.7. The number of hydrogen-bond acceptors (Lipinski definition) is 11. The Hall–Kier alpha value is -2.28. The van der Waals surface area contributed by atoms with E-state index in [9.17, 15) is 19.2 Å². The van der Waals surface area contributed by atoms with Crippen molar-refractivity contribution in [3.63, 3.8) is 0 Å². The van der Waals surface area contributed by atoms with Gasteiger partial charge in [-0.2, -0.15) is 0 Å². The van der Waals surface area contributed by atoms with E-state index < -0.39 is 54.5 Å². The first-order chi connectivity index (χ1) is 14.1. The Morgan fingerprint density at radius 3 is 2.07 bits per heavy atom. The first-order valence-electron chi connectivity index (χ1n) is 9.36. The minimum Gasteiger partial charge on any atom is -0.463 e. The summed E-state index contributed by atoms with van der Waals surface area (Å²) in [6, 6.07) is -1.03. The molecular formula is C18H29NO11. The van der Waals surface area contributed by atoms with E-state index in [2.05, 4.69) is 5.32 Å². The number of esters is 3. The molecule has 172 valence electrons. The first-order valence-corrected chi connectivity index (χ1v) is 9.36. The van der Waals surface area contributed by atoms with Gasteiger partial charge in [0.25, 0.3) is 0 Å². The van der Waals surface area contributed by atoms with Crippen molar-refractivity contribution in [3.05, 3.63) is 0 Å². The molecular weight excluding hydrogens is 406 g/mol. The van der Waals surface area contributed by atoms with Crippen LogP contribution in [-0.4, -0.2) is 92.6 Å². The summed E-state index contributed by atoms with van der Waals surface area (Å²) in [7, 11) is 0. The zero-order valence-electron chi connectivity index (χ0n) is 17.5. The van der Waals surface area contributed by atoms with Gasteiger partial charge in [0.2, 0.25) is 5.91 Å². The van der Waals surface area contributed by atoms with Gasteiger partial charge in [-0.25, -0.2) is 0 Å². The van der Waals surface area contributed by atoms with Gasteiger partial charge in [-0.15, -0.1) is 0 Å². The summed E-state index contributed by atoms with van der Waals surface area (Å²) in [6.07, 6.45) is -4.51. The third-order valence-corrected chi connectivity index (χ3v) is 3.82. The number of hydrogen-bond donors (Lipinski definition) is 2. The SMILES string of the molecule is CC(=O)NC1C(OCCOCCO)OC(COC(C)=O)[C@H](OC(C)=O)C1OC(C)=O. The van der Waals surface area contributed by atoms with Gasteiger partial charge in [-0.3, -0.25) is 19.2 Å². The number of aliphatic hydroxyl groups is 1. The monoisotopic (exact) mass is 435 g/mol. The van der Waals surface area contributed by atoms with Gasteiger partial charge in [0.05, 0.1) is 26.4 Å². The molecule has 5 atom stereocenters. The van der Waals surface area contributed by atoms with E-state index in [1.54, 1.807) is 0 Å². The molecule has 0 aromatic carbocycles. The van der Waals surface area contributed by atoms with Crippen molar-refractivity contribution in [1.82, 2.24) is 5.32 Å². The minimum absolute atomic E-state index is 0.0199. The maximum absolute atomic E-state index is 11.7. The summed E-state index contributed by atoms with van der Waals surface area (Å²) in [6.45, 7) is 4.55. The number of carbonyl (C=O) groups excluding carboxylic acids is 4. The van der Waals surface area contributed by atoms with Crippen LogP contribution < -0.4 is 5.32 Å². The van der Waals surface area contributed by atoms with Gasteiger partial charge in [-0.1, -0.05) is 0 Å². The van der Waals surface area contributed by atoms with Gasteiger partial charge >= 0.3 is 17.9 Å². The summed E-state index contributed by atoms with van der Waals surface area (Å²) in [4.78, 5) is 46.3. The summed E-state index contributed by atoms with van der Waals surface area (Å²) < 4.78 is 32.1. The Morgan fingerprint density at radius 1 is 0.900 bits per heavy atom. The molecule has 1 saturated heterocycles. The van der Waals surface area contributed by atoms with Crippen molar-refractivity contribution < 1.29 is 52.7 Å². The third kappa shape index (κ3) is 9.03. The Morgan fingerprint density at radius 2 is 1.53 bits per heavy atom. The molecule has 0 radical (unpaired) electrons. The van der Waals surface area contributed by atoms with Gasteiger partial charge < -0.3 is 38.8 Å². The zero-order valence-corrected chi connectivity index (χ0v) is 17.5. The number of nitrogens with one attached hydrogen (secondary N) is 1. The number of rotatable bonds is 11. The smallest absolute Gasteiger partial charge is 0.303 e. The fraction of sp³-hybridized carbons (Fsp3) is 0.778. The molecule has 4 unspecified atom stereocenters. The van der Waals surface area contributed by atoms with Crippen LogP contribution in [0.3, 0.4) is 0 Å². The number of ether oxygens (including phenoxy) is 6. The lowest BCUT2D eigenvalue weighted by molar-refractivity contribution is -0.279. The van der Waals surface area contributed by atoms with E-state index in [0.29, 0.717) is 0 Å². The molecule has 0 aromatic rings. The highest BCUT2D eigenvalue weighted by Crippen LogP contribution is 2.28. The summed E-state index contributed by atoms with van der Waals surface area (Å²) >= 11 is 0. The minimum atomic E-state index is -1.17. The largest absolute Gasteiger partial charge is 0.463 e. The summed E-state index contributed by atoms with van der Waals surface area (Å²) in [5.41, 5.74) is 0. The van der Waals surface area contributed by atoms with Crippen LogP contribution in [0.25, 0.3) is 0 Å². The van der Waals surface area contributed by atoms with Crippen molar-refractivity contribution in [1.29, 1.82) is 0 Å². The highest BCUT2D eigenvalue weighted by atomic mass is 16.7. The average molecular weight is 435 g/mol. The van der Waals surface area contributed by atoms with Crippen molar-refractivity contribution in [2.24, 2.45) is 0 Å². The van der Waals surface area contributed by atoms with Crippen LogP contribution in [0.15, 0.2) is 0 Å². The fourth-order valence-electron chi connectivity index (χ4n) is 2.82. The molecule has 1 aliphatic heterocycles. The normalized spacial score (nSPS) is 25.8. The van der Waals surface area contributed by atoms with E-state index in [1.807, 2.05) is 0 Å². The van der Waals surface area contributed by atoms with Crippen LogP contribution in [0.5, 0.6) is 0 Å². The lowest BCUT2D eigenvalue weighted by Crippen LogP contribution is -2.66. The van der Waals surface area contributed by atoms with Crippen LogP contribution in [0.4, 0.5) is 0 Å². The number of carbonyl (C=O) groups is 4. The number of amides is 1. The topological polar surface area (TPSA) is 156 Å². The highest BCUT2D eigenvalue weighted by Gasteiger charge is 2.51. The lowest BCUT2D eigenvalue weighted by atomic mass is 9.96. The molecule has 0 spiro atoms. The molecule has 12 nitrogen and oxygen atoms in total. The quantitative estimate of drug-likeness (QED) is 0.225. The molecule has 0 aromatic heterocycles. The molecule has 2 N–H and O–H groups in total. The van der Waals surface area contributed by atoms with Gasteiger partial charge in [0.1, 0.15) is 18.8 Å². The molecule has 30 heavy (non-hydrogen) atoms. The molecule has 1 amide bonds. The molecule has 12 heteroatoms. The second kappa shape index (κ2) is 13.1. The van der Waals surface area contributed by atoms with Gasteiger partial charge in [0, 0.05) is 27.7 Å². The van der Waals surface area contributed by atoms with Crippen LogP contribution >= 0.6 is 0 Å². The van der Waals surface area contributed by atoms with Crippen LogP contribution in [-0.2, 0) is 47.6 Å². The molecule has 1 fully saturated rings. The predicted molar refractivity (Wildman–Crippen MR) is 97.9 cm³/mol. The first kappa shape index (κ1) is 25.8. The summed E-state index contributed by atoms with van der Waals surface area (Å²) in [5, 5.41) is 11.3. The Kier molecular flexibility index (Phi) is 11.3. The Bertz CT molecular complexity index is 597. The second-order valence-corrected chi connectivity index (χ2v) is 6.43. The van der Waals surface area contributed by atoms with Crippen molar-refractivity contribution in [2.45, 2.75) is 58.3 Å². The summed E-state index contributed by atoms with van der Waals surface area (Å²) in [5.74, 6) is -2.44. The molecule has 0 saturated carbocycles. The molecule has 1 rings (SSSR count). The predicted octanol–water partition coefficient (Wildman–Crippen LogP) is -1.33. The Labute approximate surface area is 174 Å². The van der Waals surface area contributed by atoms with E-state index in [-0.39, 0.29) is 33.0 Å². The Balaban J connectivity index is 3.13. The van der Waals surface area contributed by atoms with Crippen molar-refractivity contribution >= 4 is 23.8 Å². The van der Waals surface area contributed by atoms with E-state index in [4.69, 9.17) is 33.5 Å². The molecule has 1 heterocycles. The second-order valence-electron chi connectivity index (χ2n) is 6.43. The van der Waals surface area contributed by atoms with E-state index >= 15 is 0 Å². The van der Waals surface area contributed by atoms with Crippen LogP contribution in [0.1, 0.15) is 27.7 Å². The highest BCUT2D eigenvalue weighted by molar-refractivity contribution is 5.73. The number of aliphatic hydroxyl groups excluding tert-OH is 1. The van der Waals surface area contributed by atoms with Crippen LogP contribution in [0, 0.1) is 0 Å². The lowest BCUT2D eigenvalue weighted by Gasteiger charge is -2.44. The van der Waals surface area contributed by atoms with Crippen LogP contribution in [0.2, 0.25) is 0 Å². The third-order valence-electron chi connectivity index (χ3n) is 3.82. The van der Waals surface area contributed by atoms with Gasteiger partial charge in [0.15, 0.2) is 18.5 Å². The molecule has 0 bridgehead atoms.